The van der Waals surface area contributed by atoms with Crippen LogP contribution in [0.5, 0.6) is 0 Å². The molecule has 3 nitrogen and oxygen atoms in total. The highest BCUT2D eigenvalue weighted by molar-refractivity contribution is 6.31. The Hall–Kier alpha value is -1.39. The molecule has 2 aromatic rings. The molecule has 0 radical (unpaired) electrons. The van der Waals surface area contributed by atoms with Crippen molar-refractivity contribution in [3.05, 3.63) is 40.9 Å². The van der Waals surface area contributed by atoms with Crippen molar-refractivity contribution in [1.29, 1.82) is 0 Å². The van der Waals surface area contributed by atoms with E-state index in [1.807, 2.05) is 7.05 Å². The van der Waals surface area contributed by atoms with Crippen LogP contribution in [0, 0.1) is 5.82 Å². The van der Waals surface area contributed by atoms with Crippen molar-refractivity contribution in [3.8, 4) is 11.1 Å². The van der Waals surface area contributed by atoms with Crippen LogP contribution in [-0.4, -0.2) is 23.8 Å². The van der Waals surface area contributed by atoms with Crippen LogP contribution in [-0.2, 0) is 6.42 Å². The van der Waals surface area contributed by atoms with Gasteiger partial charge in [-0.3, -0.25) is 5.10 Å². The van der Waals surface area contributed by atoms with E-state index in [0.29, 0.717) is 0 Å². The zero-order valence-electron chi connectivity index (χ0n) is 9.43. The van der Waals surface area contributed by atoms with Gasteiger partial charge in [0.05, 0.1) is 11.2 Å². The summed E-state index contributed by atoms with van der Waals surface area (Å²) in [6, 6.07) is 4.69. The van der Waals surface area contributed by atoms with E-state index in [-0.39, 0.29) is 5.02 Å². The third kappa shape index (κ3) is 2.65. The molecule has 0 bridgehead atoms. The van der Waals surface area contributed by atoms with Crippen molar-refractivity contribution >= 4 is 11.6 Å². The quantitative estimate of drug-likeness (QED) is 0.880. The van der Waals surface area contributed by atoms with E-state index in [2.05, 4.69) is 15.5 Å². The third-order valence-corrected chi connectivity index (χ3v) is 2.86. The minimum absolute atomic E-state index is 0.128. The molecular weight excluding hydrogens is 241 g/mol. The number of aromatic nitrogens is 2. The molecule has 0 saturated carbocycles. The second-order valence-electron chi connectivity index (χ2n) is 3.74. The Labute approximate surface area is 104 Å². The molecule has 2 N–H and O–H groups in total. The average Bonchev–Trinajstić information content (AvgIpc) is 2.78. The van der Waals surface area contributed by atoms with Gasteiger partial charge >= 0.3 is 0 Å². The lowest BCUT2D eigenvalue weighted by atomic mass is 10.1. The van der Waals surface area contributed by atoms with Gasteiger partial charge in [-0.05, 0) is 24.7 Å². The van der Waals surface area contributed by atoms with E-state index < -0.39 is 5.82 Å². The van der Waals surface area contributed by atoms with E-state index in [1.54, 1.807) is 18.3 Å². The normalized spacial score (nSPS) is 10.8. The van der Waals surface area contributed by atoms with Gasteiger partial charge in [0.1, 0.15) is 5.82 Å². The third-order valence-electron chi connectivity index (χ3n) is 2.57. The number of rotatable bonds is 4. The summed E-state index contributed by atoms with van der Waals surface area (Å²) in [5.41, 5.74) is 2.85. The number of likely N-dealkylation sites (N-methyl/N-ethyl adjacent to an activating group) is 1. The van der Waals surface area contributed by atoms with Gasteiger partial charge in [0.2, 0.25) is 0 Å². The maximum atomic E-state index is 13.1. The first-order chi connectivity index (χ1) is 8.22. The molecule has 0 amide bonds. The number of nitrogens with zero attached hydrogens (tertiary/aromatic N) is 1. The fourth-order valence-corrected chi connectivity index (χ4v) is 1.85. The van der Waals surface area contributed by atoms with Gasteiger partial charge < -0.3 is 5.32 Å². The van der Waals surface area contributed by atoms with Crippen LogP contribution in [0.15, 0.2) is 24.4 Å². The van der Waals surface area contributed by atoms with Crippen molar-refractivity contribution in [2.45, 2.75) is 6.42 Å². The summed E-state index contributed by atoms with van der Waals surface area (Å²) >= 11 is 5.77. The zero-order valence-corrected chi connectivity index (χ0v) is 10.2. The summed E-state index contributed by atoms with van der Waals surface area (Å²) in [6.45, 7) is 0.851. The summed E-state index contributed by atoms with van der Waals surface area (Å²) in [6.07, 6.45) is 2.56. The highest BCUT2D eigenvalue weighted by Gasteiger charge is 2.09. The fraction of sp³-hybridized carbons (Fsp3) is 0.250. The molecule has 0 saturated heterocycles. The first-order valence-electron chi connectivity index (χ1n) is 5.34. The topological polar surface area (TPSA) is 40.7 Å². The Kier molecular flexibility index (Phi) is 3.76. The molecule has 0 atom stereocenters. The molecular formula is C12H13ClFN3. The lowest BCUT2D eigenvalue weighted by molar-refractivity contribution is 0.628. The zero-order chi connectivity index (χ0) is 12.3. The van der Waals surface area contributed by atoms with Crippen molar-refractivity contribution in [2.75, 3.05) is 13.6 Å². The van der Waals surface area contributed by atoms with Gasteiger partial charge in [-0.15, -0.1) is 0 Å². The Morgan fingerprint density at radius 1 is 1.47 bits per heavy atom. The molecule has 0 unspecified atom stereocenters. The van der Waals surface area contributed by atoms with Gasteiger partial charge in [0.25, 0.3) is 0 Å². The molecule has 17 heavy (non-hydrogen) atoms. The molecule has 0 aliphatic rings. The number of aromatic amines is 1. The molecule has 0 aliphatic carbocycles. The maximum Gasteiger partial charge on any atom is 0.141 e. The molecule has 1 aromatic carbocycles. The minimum atomic E-state index is -0.407. The number of nitrogens with one attached hydrogen (secondary N) is 2. The number of benzene rings is 1. The highest BCUT2D eigenvalue weighted by Crippen LogP contribution is 2.26. The second-order valence-corrected chi connectivity index (χ2v) is 4.15. The van der Waals surface area contributed by atoms with Crippen LogP contribution < -0.4 is 5.32 Å². The largest absolute Gasteiger partial charge is 0.319 e. The Morgan fingerprint density at radius 2 is 2.29 bits per heavy atom. The summed E-state index contributed by atoms with van der Waals surface area (Å²) < 4.78 is 13.1. The Balaban J connectivity index is 2.32. The molecule has 1 heterocycles. The number of halogens is 2. The molecule has 0 aliphatic heterocycles. The molecule has 0 spiro atoms. The van der Waals surface area contributed by atoms with E-state index in [1.165, 1.54) is 6.07 Å². The van der Waals surface area contributed by atoms with Crippen LogP contribution in [0.1, 0.15) is 5.69 Å². The van der Waals surface area contributed by atoms with Gasteiger partial charge in [-0.25, -0.2) is 4.39 Å². The monoisotopic (exact) mass is 253 g/mol. The summed E-state index contributed by atoms with van der Waals surface area (Å²) in [4.78, 5) is 0. The van der Waals surface area contributed by atoms with Crippen molar-refractivity contribution in [2.24, 2.45) is 0 Å². The molecule has 1 aromatic heterocycles. The predicted molar refractivity (Wildman–Crippen MR) is 66.6 cm³/mol. The summed E-state index contributed by atoms with van der Waals surface area (Å²) in [5.74, 6) is -0.407. The predicted octanol–water partition coefficient (Wildman–Crippen LogP) is 2.63. The number of hydrogen-bond acceptors (Lipinski definition) is 2. The molecule has 0 fully saturated rings. The van der Waals surface area contributed by atoms with Crippen molar-refractivity contribution < 1.29 is 4.39 Å². The number of hydrogen-bond donors (Lipinski definition) is 2. The van der Waals surface area contributed by atoms with Crippen LogP contribution in [0.3, 0.4) is 0 Å². The van der Waals surface area contributed by atoms with E-state index >= 15 is 0 Å². The highest BCUT2D eigenvalue weighted by atomic mass is 35.5. The van der Waals surface area contributed by atoms with Gasteiger partial charge in [-0.1, -0.05) is 17.7 Å². The standard InChI is InChI=1S/C12H13ClFN3/c1-15-5-4-12-9(7-16-17-12)8-2-3-11(14)10(13)6-8/h2-3,6-7,15H,4-5H2,1H3,(H,16,17). The van der Waals surface area contributed by atoms with Crippen LogP contribution in [0.2, 0.25) is 5.02 Å². The minimum Gasteiger partial charge on any atom is -0.319 e. The summed E-state index contributed by atoms with van der Waals surface area (Å²) in [7, 11) is 1.89. The Bertz CT molecular complexity index is 510. The molecule has 5 heteroatoms. The maximum absolute atomic E-state index is 13.1. The van der Waals surface area contributed by atoms with Crippen LogP contribution in [0.25, 0.3) is 11.1 Å². The van der Waals surface area contributed by atoms with Gasteiger partial charge in [0, 0.05) is 24.2 Å². The van der Waals surface area contributed by atoms with Crippen LogP contribution in [0.4, 0.5) is 4.39 Å². The Morgan fingerprint density at radius 3 is 3.00 bits per heavy atom. The summed E-state index contributed by atoms with van der Waals surface area (Å²) in [5, 5.41) is 10.2. The van der Waals surface area contributed by atoms with Gasteiger partial charge in [0.15, 0.2) is 0 Å². The van der Waals surface area contributed by atoms with Crippen molar-refractivity contribution in [3.63, 3.8) is 0 Å². The number of H-pyrrole nitrogens is 1. The first kappa shape index (κ1) is 12.1. The lowest BCUT2D eigenvalue weighted by Crippen LogP contribution is -2.11. The fourth-order valence-electron chi connectivity index (χ4n) is 1.67. The SMILES string of the molecule is CNCCc1[nH]ncc1-c1ccc(F)c(Cl)c1. The lowest BCUT2D eigenvalue weighted by Gasteiger charge is -2.04. The van der Waals surface area contributed by atoms with E-state index in [9.17, 15) is 4.39 Å². The molecule has 90 valence electrons. The second kappa shape index (κ2) is 5.29. The van der Waals surface area contributed by atoms with E-state index in [0.717, 1.165) is 29.8 Å². The van der Waals surface area contributed by atoms with E-state index in [4.69, 9.17) is 11.6 Å². The smallest absolute Gasteiger partial charge is 0.141 e. The van der Waals surface area contributed by atoms with Crippen LogP contribution >= 0.6 is 11.6 Å². The molecule has 2 rings (SSSR count). The first-order valence-corrected chi connectivity index (χ1v) is 5.72. The van der Waals surface area contributed by atoms with Gasteiger partial charge in [-0.2, -0.15) is 5.10 Å². The average molecular weight is 254 g/mol. The van der Waals surface area contributed by atoms with Crippen molar-refractivity contribution in [1.82, 2.24) is 15.5 Å².